The lowest BCUT2D eigenvalue weighted by molar-refractivity contribution is -0.385. The van der Waals surface area contributed by atoms with E-state index in [2.05, 4.69) is 6.58 Å². The summed E-state index contributed by atoms with van der Waals surface area (Å²) in [7, 11) is 1.55. The first-order chi connectivity index (χ1) is 15.4. The minimum atomic E-state index is -0.530. The summed E-state index contributed by atoms with van der Waals surface area (Å²) in [6.45, 7) is 5.87. The molecular weight excluding hydrogens is 432 g/mol. The van der Waals surface area contributed by atoms with E-state index in [0.29, 0.717) is 30.1 Å². The minimum absolute atomic E-state index is 0.138. The number of methoxy groups -OCH3 is 1. The van der Waals surface area contributed by atoms with Crippen molar-refractivity contribution in [3.05, 3.63) is 80.8 Å². The van der Waals surface area contributed by atoms with Crippen LogP contribution >= 0.6 is 11.8 Å². The van der Waals surface area contributed by atoms with E-state index in [4.69, 9.17) is 9.47 Å². The van der Waals surface area contributed by atoms with Crippen molar-refractivity contribution >= 4 is 34.7 Å². The average molecular weight is 455 g/mol. The molecule has 1 aliphatic heterocycles. The third-order valence-electron chi connectivity index (χ3n) is 4.71. The van der Waals surface area contributed by atoms with Crippen molar-refractivity contribution in [1.29, 1.82) is 0 Å². The maximum absolute atomic E-state index is 12.9. The van der Waals surface area contributed by atoms with Crippen molar-refractivity contribution in [3.63, 3.8) is 0 Å². The number of nitro benzene ring substituents is 1. The van der Waals surface area contributed by atoms with Crippen molar-refractivity contribution < 1.29 is 24.0 Å². The van der Waals surface area contributed by atoms with Gasteiger partial charge in [0.05, 0.1) is 30.1 Å². The second kappa shape index (κ2) is 10.1. The fourth-order valence-electron chi connectivity index (χ4n) is 3.35. The molecule has 0 bridgehead atoms. The number of hydrogen-bond acceptors (Lipinski definition) is 7. The van der Waals surface area contributed by atoms with Crippen LogP contribution in [0.4, 0.5) is 10.5 Å². The van der Waals surface area contributed by atoms with Crippen LogP contribution in [0.25, 0.3) is 6.08 Å². The van der Waals surface area contributed by atoms with E-state index in [1.54, 1.807) is 31.4 Å². The fraction of sp³-hybridized carbons (Fsp3) is 0.217. The van der Waals surface area contributed by atoms with E-state index < -0.39 is 16.1 Å². The minimum Gasteiger partial charge on any atom is -0.493 e. The van der Waals surface area contributed by atoms with Gasteiger partial charge in [0.2, 0.25) is 0 Å². The normalized spacial score (nSPS) is 14.7. The number of thioether (sulfide) groups is 1. The van der Waals surface area contributed by atoms with Gasteiger partial charge in [-0.2, -0.15) is 0 Å². The predicted octanol–water partition coefficient (Wildman–Crippen LogP) is 4.97. The van der Waals surface area contributed by atoms with Crippen LogP contribution in [0.5, 0.6) is 11.5 Å². The molecule has 0 unspecified atom stereocenters. The van der Waals surface area contributed by atoms with Crippen LogP contribution in [0.3, 0.4) is 0 Å². The van der Waals surface area contributed by atoms with Gasteiger partial charge in [-0.1, -0.05) is 24.3 Å². The SMILES string of the molecule is C=CCc1cc(/C=C2/SC(=O)N(Cc3ccccc3[N+](=O)[O-])C2=O)cc(OCC)c1OC. The van der Waals surface area contributed by atoms with E-state index in [-0.39, 0.29) is 22.7 Å². The molecule has 1 aliphatic rings. The Kier molecular flexibility index (Phi) is 7.32. The van der Waals surface area contributed by atoms with Crippen LogP contribution in [0.15, 0.2) is 54.0 Å². The van der Waals surface area contributed by atoms with Gasteiger partial charge in [0, 0.05) is 17.2 Å². The van der Waals surface area contributed by atoms with E-state index in [0.717, 1.165) is 22.2 Å². The molecule has 0 atom stereocenters. The highest BCUT2D eigenvalue weighted by Crippen LogP contribution is 2.38. The fourth-order valence-corrected chi connectivity index (χ4v) is 4.19. The van der Waals surface area contributed by atoms with Gasteiger partial charge in [0.1, 0.15) is 0 Å². The summed E-state index contributed by atoms with van der Waals surface area (Å²) in [6, 6.07) is 9.63. The molecule has 0 spiro atoms. The zero-order valence-corrected chi connectivity index (χ0v) is 18.5. The Balaban J connectivity index is 1.94. The Bertz CT molecular complexity index is 1110. The first-order valence-corrected chi connectivity index (χ1v) is 10.6. The Morgan fingerprint density at radius 2 is 1.97 bits per heavy atom. The number of carbonyl (C=O) groups is 2. The first-order valence-electron chi connectivity index (χ1n) is 9.81. The maximum Gasteiger partial charge on any atom is 0.293 e. The van der Waals surface area contributed by atoms with Crippen molar-refractivity contribution in [2.24, 2.45) is 0 Å². The van der Waals surface area contributed by atoms with Gasteiger partial charge in [0.25, 0.3) is 16.8 Å². The number of nitrogens with zero attached hydrogens (tertiary/aromatic N) is 2. The summed E-state index contributed by atoms with van der Waals surface area (Å²) in [5, 5.41) is 10.8. The molecule has 166 valence electrons. The number of ether oxygens (including phenoxy) is 2. The number of benzene rings is 2. The first kappa shape index (κ1) is 23.1. The zero-order chi connectivity index (χ0) is 23.3. The molecule has 0 saturated carbocycles. The van der Waals surface area contributed by atoms with Crippen LogP contribution in [0.1, 0.15) is 23.6 Å². The third kappa shape index (κ3) is 4.83. The number of para-hydroxylation sites is 1. The molecule has 2 amide bonds. The summed E-state index contributed by atoms with van der Waals surface area (Å²) in [4.78, 5) is 37.4. The molecule has 3 rings (SSSR count). The number of rotatable bonds is 9. The molecule has 0 radical (unpaired) electrons. The summed E-state index contributed by atoms with van der Waals surface area (Å²) < 4.78 is 11.2. The molecule has 1 saturated heterocycles. The quantitative estimate of drug-likeness (QED) is 0.228. The molecule has 1 fully saturated rings. The lowest BCUT2D eigenvalue weighted by atomic mass is 10.0. The Morgan fingerprint density at radius 1 is 1.22 bits per heavy atom. The zero-order valence-electron chi connectivity index (χ0n) is 17.7. The van der Waals surface area contributed by atoms with Gasteiger partial charge in [-0.15, -0.1) is 6.58 Å². The smallest absolute Gasteiger partial charge is 0.293 e. The van der Waals surface area contributed by atoms with Crippen LogP contribution in [-0.4, -0.2) is 34.7 Å². The molecule has 2 aromatic rings. The molecule has 8 nitrogen and oxygen atoms in total. The third-order valence-corrected chi connectivity index (χ3v) is 5.62. The van der Waals surface area contributed by atoms with Gasteiger partial charge in [-0.05, 0) is 48.9 Å². The summed E-state index contributed by atoms with van der Waals surface area (Å²) >= 11 is 0.795. The number of amides is 2. The summed E-state index contributed by atoms with van der Waals surface area (Å²) in [6.07, 6.45) is 3.88. The molecule has 0 N–H and O–H groups in total. The number of imide groups is 1. The van der Waals surface area contributed by atoms with Crippen molar-refractivity contribution in [1.82, 2.24) is 4.90 Å². The van der Waals surface area contributed by atoms with Crippen LogP contribution in [-0.2, 0) is 17.8 Å². The molecule has 1 heterocycles. The monoisotopic (exact) mass is 454 g/mol. The molecular formula is C23H22N2O6S. The van der Waals surface area contributed by atoms with Crippen molar-refractivity contribution in [2.75, 3.05) is 13.7 Å². The van der Waals surface area contributed by atoms with E-state index >= 15 is 0 Å². The van der Waals surface area contributed by atoms with Crippen LogP contribution in [0, 0.1) is 10.1 Å². The lowest BCUT2D eigenvalue weighted by Gasteiger charge is -2.14. The lowest BCUT2D eigenvalue weighted by Crippen LogP contribution is -2.27. The van der Waals surface area contributed by atoms with Gasteiger partial charge < -0.3 is 9.47 Å². The Labute approximate surface area is 189 Å². The molecule has 9 heteroatoms. The Hall–Kier alpha value is -3.59. The standard InChI is InChI=1S/C23H22N2O6S/c1-4-8-16-11-15(12-19(31-5-2)21(16)30-3)13-20-22(26)24(23(27)32-20)14-17-9-6-7-10-18(17)25(28)29/h4,6-7,9-13H,1,5,8,14H2,2-3H3/b20-13+. The van der Waals surface area contributed by atoms with Gasteiger partial charge >= 0.3 is 0 Å². The van der Waals surface area contributed by atoms with Gasteiger partial charge in [-0.3, -0.25) is 24.6 Å². The van der Waals surface area contributed by atoms with Crippen LogP contribution < -0.4 is 9.47 Å². The predicted molar refractivity (Wildman–Crippen MR) is 123 cm³/mol. The second-order valence-corrected chi connectivity index (χ2v) is 7.78. The van der Waals surface area contributed by atoms with E-state index in [9.17, 15) is 19.7 Å². The Morgan fingerprint density at radius 3 is 2.62 bits per heavy atom. The largest absolute Gasteiger partial charge is 0.493 e. The van der Waals surface area contributed by atoms with Crippen LogP contribution in [0.2, 0.25) is 0 Å². The summed E-state index contributed by atoms with van der Waals surface area (Å²) in [5.41, 5.74) is 1.65. The number of allylic oxidation sites excluding steroid dienone is 1. The second-order valence-electron chi connectivity index (χ2n) is 6.79. The molecule has 2 aromatic carbocycles. The van der Waals surface area contributed by atoms with Gasteiger partial charge in [-0.25, -0.2) is 0 Å². The number of hydrogen-bond donors (Lipinski definition) is 0. The number of nitro groups is 1. The topological polar surface area (TPSA) is 99.0 Å². The average Bonchev–Trinajstić information content (AvgIpc) is 3.02. The highest BCUT2D eigenvalue weighted by Gasteiger charge is 2.36. The van der Waals surface area contributed by atoms with E-state index in [1.165, 1.54) is 18.2 Å². The highest BCUT2D eigenvalue weighted by atomic mass is 32.2. The molecule has 0 aromatic heterocycles. The summed E-state index contributed by atoms with van der Waals surface area (Å²) in [5.74, 6) is 0.616. The number of carbonyl (C=O) groups excluding carboxylic acids is 2. The highest BCUT2D eigenvalue weighted by molar-refractivity contribution is 8.18. The van der Waals surface area contributed by atoms with Crippen molar-refractivity contribution in [2.45, 2.75) is 19.9 Å². The molecule has 0 aliphatic carbocycles. The molecule has 32 heavy (non-hydrogen) atoms. The maximum atomic E-state index is 12.9. The van der Waals surface area contributed by atoms with E-state index in [1.807, 2.05) is 13.0 Å². The van der Waals surface area contributed by atoms with Gasteiger partial charge in [0.15, 0.2) is 11.5 Å². The van der Waals surface area contributed by atoms with Crippen molar-refractivity contribution in [3.8, 4) is 11.5 Å².